The summed E-state index contributed by atoms with van der Waals surface area (Å²) in [5.41, 5.74) is 0.640. The largest absolute Gasteiger partial charge is 0.396 e. The average Bonchev–Trinajstić information content (AvgIpc) is 2.72. The summed E-state index contributed by atoms with van der Waals surface area (Å²) in [5.74, 6) is 0.933. The number of nitrogens with one attached hydrogen (secondary N) is 1. The lowest BCUT2D eigenvalue weighted by molar-refractivity contribution is 0.0952. The van der Waals surface area contributed by atoms with E-state index >= 15 is 0 Å². The number of rotatable bonds is 13. The van der Waals surface area contributed by atoms with Gasteiger partial charge in [-0.25, -0.2) is 4.98 Å². The van der Waals surface area contributed by atoms with Gasteiger partial charge in [-0.15, -0.1) is 0 Å². The smallest absolute Gasteiger partial charge is 0.252 e. The van der Waals surface area contributed by atoms with E-state index in [0.29, 0.717) is 12.2 Å². The highest BCUT2D eigenvalue weighted by molar-refractivity contribution is 5.94. The van der Waals surface area contributed by atoms with Gasteiger partial charge >= 0.3 is 0 Å². The van der Waals surface area contributed by atoms with E-state index in [-0.39, 0.29) is 5.91 Å². The third kappa shape index (κ3) is 8.57. The van der Waals surface area contributed by atoms with E-state index in [1.54, 1.807) is 6.20 Å². The van der Waals surface area contributed by atoms with Gasteiger partial charge in [0.2, 0.25) is 0 Å². The molecule has 158 valence electrons. The monoisotopic (exact) mass is 390 g/mol. The van der Waals surface area contributed by atoms with E-state index in [1.165, 1.54) is 32.1 Å². The average molecular weight is 391 g/mol. The van der Waals surface area contributed by atoms with Crippen LogP contribution in [0.1, 0.15) is 68.1 Å². The number of piperazine rings is 1. The minimum atomic E-state index is -0.0266. The molecule has 0 aromatic carbocycles. The summed E-state index contributed by atoms with van der Waals surface area (Å²) >= 11 is 0. The number of unbranched alkanes of at least 4 members (excludes halogenated alkanes) is 8. The topological polar surface area (TPSA) is 68.7 Å². The third-order valence-electron chi connectivity index (χ3n) is 5.46. The van der Waals surface area contributed by atoms with E-state index in [9.17, 15) is 4.79 Å². The Labute approximate surface area is 170 Å². The van der Waals surface area contributed by atoms with Crippen molar-refractivity contribution in [3.63, 3.8) is 0 Å². The van der Waals surface area contributed by atoms with Crippen LogP contribution in [-0.2, 0) is 0 Å². The van der Waals surface area contributed by atoms with Gasteiger partial charge in [0.25, 0.3) is 5.91 Å². The maximum absolute atomic E-state index is 12.2. The maximum atomic E-state index is 12.2. The molecule has 0 unspecified atom stereocenters. The molecule has 0 bridgehead atoms. The molecular weight excluding hydrogens is 352 g/mol. The molecule has 0 spiro atoms. The second kappa shape index (κ2) is 13.5. The van der Waals surface area contributed by atoms with Gasteiger partial charge in [0.1, 0.15) is 5.82 Å². The van der Waals surface area contributed by atoms with Crippen molar-refractivity contribution in [2.45, 2.75) is 57.8 Å². The molecular formula is C22H38N4O2. The molecule has 1 amide bonds. The van der Waals surface area contributed by atoms with Crippen molar-refractivity contribution in [3.05, 3.63) is 23.9 Å². The molecule has 2 heterocycles. The van der Waals surface area contributed by atoms with Crippen molar-refractivity contribution in [2.75, 3.05) is 51.3 Å². The van der Waals surface area contributed by atoms with Crippen molar-refractivity contribution in [2.24, 2.45) is 0 Å². The lowest BCUT2D eigenvalue weighted by atomic mass is 10.1. The Kier molecular flexibility index (Phi) is 10.9. The van der Waals surface area contributed by atoms with Crippen molar-refractivity contribution < 1.29 is 9.90 Å². The van der Waals surface area contributed by atoms with E-state index < -0.39 is 0 Å². The number of amides is 1. The SMILES string of the molecule is CN1CCN(c2ccc(C(=O)NCCCCCCCCCCCO)cn2)CC1. The first-order valence-electron chi connectivity index (χ1n) is 11.0. The van der Waals surface area contributed by atoms with Gasteiger partial charge in [0.15, 0.2) is 0 Å². The van der Waals surface area contributed by atoms with Crippen molar-refractivity contribution in [1.82, 2.24) is 15.2 Å². The minimum absolute atomic E-state index is 0.0266. The number of pyridine rings is 1. The lowest BCUT2D eigenvalue weighted by Gasteiger charge is -2.33. The number of anilines is 1. The maximum Gasteiger partial charge on any atom is 0.252 e. The van der Waals surface area contributed by atoms with Crippen LogP contribution in [0, 0.1) is 0 Å². The zero-order valence-electron chi connectivity index (χ0n) is 17.5. The molecule has 0 atom stereocenters. The van der Waals surface area contributed by atoms with Gasteiger partial charge in [0.05, 0.1) is 5.56 Å². The fraction of sp³-hybridized carbons (Fsp3) is 0.727. The van der Waals surface area contributed by atoms with Gasteiger partial charge in [-0.05, 0) is 32.0 Å². The molecule has 2 rings (SSSR count). The molecule has 2 N–H and O–H groups in total. The van der Waals surface area contributed by atoms with Crippen molar-refractivity contribution in [1.29, 1.82) is 0 Å². The number of hydrogen-bond donors (Lipinski definition) is 2. The molecule has 1 aliphatic heterocycles. The number of aliphatic hydroxyl groups is 1. The first-order valence-corrected chi connectivity index (χ1v) is 11.0. The van der Waals surface area contributed by atoms with Gasteiger partial charge in [0, 0.05) is 45.5 Å². The Bertz CT molecular complexity index is 542. The fourth-order valence-corrected chi connectivity index (χ4v) is 3.52. The second-order valence-electron chi connectivity index (χ2n) is 7.86. The standard InChI is InChI=1S/C22H38N4O2/c1-25-14-16-26(17-15-25)21-12-11-20(19-24-21)22(28)23-13-9-7-5-3-2-4-6-8-10-18-27/h11-12,19,27H,2-10,13-18H2,1H3,(H,23,28). The van der Waals surface area contributed by atoms with Crippen LogP contribution in [0.2, 0.25) is 0 Å². The predicted molar refractivity (Wildman–Crippen MR) is 115 cm³/mol. The molecule has 6 nitrogen and oxygen atoms in total. The van der Waals surface area contributed by atoms with Crippen LogP contribution in [0.4, 0.5) is 5.82 Å². The summed E-state index contributed by atoms with van der Waals surface area (Å²) in [6.07, 6.45) is 12.3. The van der Waals surface area contributed by atoms with Crippen LogP contribution in [0.25, 0.3) is 0 Å². The molecule has 1 saturated heterocycles. The summed E-state index contributed by atoms with van der Waals surface area (Å²) in [6, 6.07) is 3.84. The highest BCUT2D eigenvalue weighted by Crippen LogP contribution is 2.14. The molecule has 6 heteroatoms. The van der Waals surface area contributed by atoms with Crippen LogP contribution in [0.3, 0.4) is 0 Å². The molecule has 1 fully saturated rings. The van der Waals surface area contributed by atoms with Gasteiger partial charge in [-0.3, -0.25) is 4.79 Å². The Morgan fingerprint density at radius 2 is 1.57 bits per heavy atom. The fourth-order valence-electron chi connectivity index (χ4n) is 3.52. The summed E-state index contributed by atoms with van der Waals surface area (Å²) < 4.78 is 0. The number of aliphatic hydroxyl groups excluding tert-OH is 1. The zero-order chi connectivity index (χ0) is 20.0. The van der Waals surface area contributed by atoms with Crippen LogP contribution in [0.5, 0.6) is 0 Å². The van der Waals surface area contributed by atoms with Crippen LogP contribution in [0.15, 0.2) is 18.3 Å². The molecule has 1 aromatic heterocycles. The summed E-state index contributed by atoms with van der Waals surface area (Å²) in [7, 11) is 2.14. The number of aromatic nitrogens is 1. The Hall–Kier alpha value is -1.66. The molecule has 0 aliphatic carbocycles. The van der Waals surface area contributed by atoms with Gasteiger partial charge in [-0.1, -0.05) is 44.9 Å². The van der Waals surface area contributed by atoms with Gasteiger partial charge < -0.3 is 20.2 Å². The zero-order valence-corrected chi connectivity index (χ0v) is 17.5. The summed E-state index contributed by atoms with van der Waals surface area (Å²) in [5, 5.41) is 11.7. The quantitative estimate of drug-likeness (QED) is 0.507. The summed E-state index contributed by atoms with van der Waals surface area (Å²) in [6.45, 7) is 5.12. The van der Waals surface area contributed by atoms with Crippen molar-refractivity contribution in [3.8, 4) is 0 Å². The van der Waals surface area contributed by atoms with Crippen LogP contribution < -0.4 is 10.2 Å². The van der Waals surface area contributed by atoms with Crippen LogP contribution >= 0.6 is 0 Å². The highest BCUT2D eigenvalue weighted by atomic mass is 16.2. The Morgan fingerprint density at radius 3 is 2.14 bits per heavy atom. The Balaban J connectivity index is 1.53. The van der Waals surface area contributed by atoms with E-state index in [4.69, 9.17) is 5.11 Å². The highest BCUT2D eigenvalue weighted by Gasteiger charge is 2.15. The summed E-state index contributed by atoms with van der Waals surface area (Å²) in [4.78, 5) is 21.3. The van der Waals surface area contributed by atoms with Crippen molar-refractivity contribution >= 4 is 11.7 Å². The Morgan fingerprint density at radius 1 is 0.964 bits per heavy atom. The van der Waals surface area contributed by atoms with E-state index in [2.05, 4.69) is 27.1 Å². The predicted octanol–water partition coefficient (Wildman–Crippen LogP) is 3.07. The number of likely N-dealkylation sites (N-methyl/N-ethyl adjacent to an activating group) is 1. The molecule has 0 radical (unpaired) electrons. The second-order valence-corrected chi connectivity index (χ2v) is 7.86. The normalized spacial score (nSPS) is 15.0. The molecule has 1 aliphatic rings. The molecule has 0 saturated carbocycles. The van der Waals surface area contributed by atoms with Crippen LogP contribution in [-0.4, -0.2) is 67.3 Å². The minimum Gasteiger partial charge on any atom is -0.396 e. The van der Waals surface area contributed by atoms with E-state index in [1.807, 2.05) is 12.1 Å². The lowest BCUT2D eigenvalue weighted by Crippen LogP contribution is -2.44. The number of carbonyl (C=O) groups excluding carboxylic acids is 1. The number of carbonyl (C=O) groups is 1. The van der Waals surface area contributed by atoms with Gasteiger partial charge in [-0.2, -0.15) is 0 Å². The molecule has 28 heavy (non-hydrogen) atoms. The number of hydrogen-bond acceptors (Lipinski definition) is 5. The first kappa shape index (κ1) is 22.6. The number of nitrogens with zero attached hydrogens (tertiary/aromatic N) is 3. The van der Waals surface area contributed by atoms with E-state index in [0.717, 1.165) is 64.2 Å². The third-order valence-corrected chi connectivity index (χ3v) is 5.46. The molecule has 1 aromatic rings. The first-order chi connectivity index (χ1) is 13.7.